The predicted molar refractivity (Wildman–Crippen MR) is 53.5 cm³/mol. The van der Waals surface area contributed by atoms with Crippen LogP contribution in [-0.4, -0.2) is 29.3 Å². The van der Waals surface area contributed by atoms with Crippen molar-refractivity contribution in [3.05, 3.63) is 12.7 Å². The summed E-state index contributed by atoms with van der Waals surface area (Å²) in [5.41, 5.74) is -0.337. The third-order valence-corrected chi connectivity index (χ3v) is 2.37. The van der Waals surface area contributed by atoms with E-state index in [1.807, 2.05) is 0 Å². The molecule has 0 aromatic rings. The minimum absolute atomic E-state index is 0.0712. The van der Waals surface area contributed by atoms with Gasteiger partial charge < -0.3 is 15.2 Å². The SMILES string of the molecule is C=CCOC(=O)NC1(CCC(=O)O)CC1. The smallest absolute Gasteiger partial charge is 0.407 e. The largest absolute Gasteiger partial charge is 0.481 e. The second-order valence-corrected chi connectivity index (χ2v) is 3.69. The molecular weight excluding hydrogens is 198 g/mol. The van der Waals surface area contributed by atoms with Crippen molar-refractivity contribution in [1.82, 2.24) is 5.32 Å². The van der Waals surface area contributed by atoms with Gasteiger partial charge in [-0.1, -0.05) is 12.7 Å². The van der Waals surface area contributed by atoms with Crippen LogP contribution in [0.4, 0.5) is 4.79 Å². The maximum atomic E-state index is 11.2. The van der Waals surface area contributed by atoms with Crippen LogP contribution >= 0.6 is 0 Å². The Labute approximate surface area is 88.1 Å². The number of carbonyl (C=O) groups excluding carboxylic acids is 1. The quantitative estimate of drug-likeness (QED) is 0.652. The summed E-state index contributed by atoms with van der Waals surface area (Å²) >= 11 is 0. The Hall–Kier alpha value is -1.52. The van der Waals surface area contributed by atoms with E-state index in [1.54, 1.807) is 0 Å². The average Bonchev–Trinajstić information content (AvgIpc) is 2.92. The highest BCUT2D eigenvalue weighted by molar-refractivity contribution is 5.70. The molecule has 0 atom stereocenters. The molecule has 0 unspecified atom stereocenters. The van der Waals surface area contributed by atoms with E-state index < -0.39 is 12.1 Å². The molecule has 15 heavy (non-hydrogen) atoms. The van der Waals surface area contributed by atoms with Crippen LogP contribution in [0.1, 0.15) is 25.7 Å². The van der Waals surface area contributed by atoms with Gasteiger partial charge in [0.15, 0.2) is 0 Å². The molecule has 5 heteroatoms. The molecular formula is C10H15NO4. The van der Waals surface area contributed by atoms with E-state index in [2.05, 4.69) is 11.9 Å². The second-order valence-electron chi connectivity index (χ2n) is 3.69. The number of carbonyl (C=O) groups is 2. The normalized spacial score (nSPS) is 16.5. The molecule has 0 spiro atoms. The Kier molecular flexibility index (Phi) is 3.71. The lowest BCUT2D eigenvalue weighted by atomic mass is 10.1. The molecule has 0 heterocycles. The summed E-state index contributed by atoms with van der Waals surface area (Å²) in [4.78, 5) is 21.5. The zero-order chi connectivity index (χ0) is 11.3. The number of ether oxygens (including phenoxy) is 1. The second kappa shape index (κ2) is 4.82. The van der Waals surface area contributed by atoms with Crippen LogP contribution in [0.5, 0.6) is 0 Å². The van der Waals surface area contributed by atoms with Gasteiger partial charge in [-0.2, -0.15) is 0 Å². The van der Waals surface area contributed by atoms with Gasteiger partial charge in [-0.15, -0.1) is 0 Å². The molecule has 1 fully saturated rings. The van der Waals surface area contributed by atoms with Gasteiger partial charge in [-0.05, 0) is 19.3 Å². The van der Waals surface area contributed by atoms with Gasteiger partial charge in [0.1, 0.15) is 6.61 Å². The first-order valence-corrected chi connectivity index (χ1v) is 4.86. The first kappa shape index (κ1) is 11.6. The number of rotatable bonds is 6. The third kappa shape index (κ3) is 4.01. The maximum absolute atomic E-state index is 11.2. The Morgan fingerprint density at radius 2 is 2.20 bits per heavy atom. The molecule has 1 aliphatic carbocycles. The molecule has 1 aliphatic rings. The first-order chi connectivity index (χ1) is 7.08. The number of carboxylic acids is 1. The van der Waals surface area contributed by atoms with E-state index in [9.17, 15) is 9.59 Å². The van der Waals surface area contributed by atoms with Gasteiger partial charge in [0.25, 0.3) is 0 Å². The van der Waals surface area contributed by atoms with Crippen molar-refractivity contribution in [3.63, 3.8) is 0 Å². The molecule has 0 bridgehead atoms. The highest BCUT2D eigenvalue weighted by atomic mass is 16.5. The maximum Gasteiger partial charge on any atom is 0.407 e. The number of aliphatic carboxylic acids is 1. The van der Waals surface area contributed by atoms with Crippen LogP contribution in [0.25, 0.3) is 0 Å². The number of hydrogen-bond acceptors (Lipinski definition) is 3. The van der Waals surface area contributed by atoms with Gasteiger partial charge in [-0.3, -0.25) is 4.79 Å². The molecule has 0 saturated heterocycles. The fraction of sp³-hybridized carbons (Fsp3) is 0.600. The van der Waals surface area contributed by atoms with E-state index in [0.29, 0.717) is 6.42 Å². The van der Waals surface area contributed by atoms with Gasteiger partial charge in [0.2, 0.25) is 0 Å². The summed E-state index contributed by atoms with van der Waals surface area (Å²) in [6.45, 7) is 3.59. The summed E-state index contributed by atoms with van der Waals surface area (Å²) in [7, 11) is 0. The number of nitrogens with one attached hydrogen (secondary N) is 1. The summed E-state index contributed by atoms with van der Waals surface area (Å²) in [5.74, 6) is -0.845. The van der Waals surface area contributed by atoms with Crippen molar-refractivity contribution in [2.24, 2.45) is 0 Å². The van der Waals surface area contributed by atoms with Crippen LogP contribution in [0.2, 0.25) is 0 Å². The van der Waals surface area contributed by atoms with Crippen LogP contribution in [0, 0.1) is 0 Å². The zero-order valence-corrected chi connectivity index (χ0v) is 8.49. The Morgan fingerprint density at radius 3 is 2.67 bits per heavy atom. The van der Waals surface area contributed by atoms with Crippen LogP contribution < -0.4 is 5.32 Å². The van der Waals surface area contributed by atoms with Crippen molar-refractivity contribution in [3.8, 4) is 0 Å². The highest BCUT2D eigenvalue weighted by Gasteiger charge is 2.44. The lowest BCUT2D eigenvalue weighted by Crippen LogP contribution is -2.37. The molecule has 0 aromatic carbocycles. The molecule has 5 nitrogen and oxygen atoms in total. The molecule has 1 saturated carbocycles. The van der Waals surface area contributed by atoms with Crippen molar-refractivity contribution in [2.75, 3.05) is 6.61 Å². The fourth-order valence-corrected chi connectivity index (χ4v) is 1.32. The van der Waals surface area contributed by atoms with Crippen molar-refractivity contribution in [1.29, 1.82) is 0 Å². The molecule has 1 rings (SSSR count). The summed E-state index contributed by atoms with van der Waals surface area (Å²) in [5, 5.41) is 11.2. The first-order valence-electron chi connectivity index (χ1n) is 4.86. The Morgan fingerprint density at radius 1 is 1.53 bits per heavy atom. The Balaban J connectivity index is 2.27. The number of carboxylic acid groups (broad SMARTS) is 1. The summed E-state index contributed by atoms with van der Waals surface area (Å²) < 4.78 is 4.76. The molecule has 84 valence electrons. The van der Waals surface area contributed by atoms with Crippen LogP contribution in [0.3, 0.4) is 0 Å². The number of alkyl carbamates (subject to hydrolysis) is 1. The number of hydrogen-bond donors (Lipinski definition) is 2. The van der Waals surface area contributed by atoms with Crippen molar-refractivity contribution >= 4 is 12.1 Å². The topological polar surface area (TPSA) is 75.6 Å². The van der Waals surface area contributed by atoms with E-state index in [0.717, 1.165) is 12.8 Å². The summed E-state index contributed by atoms with van der Waals surface area (Å²) in [6.07, 6.45) is 3.16. The standard InChI is InChI=1S/C10H15NO4/c1-2-7-15-9(14)11-10(5-6-10)4-3-8(12)13/h2H,1,3-7H2,(H,11,14)(H,12,13). The van der Waals surface area contributed by atoms with Crippen LogP contribution in [0.15, 0.2) is 12.7 Å². The van der Waals surface area contributed by atoms with Crippen molar-refractivity contribution in [2.45, 2.75) is 31.2 Å². The third-order valence-electron chi connectivity index (χ3n) is 2.37. The fourth-order valence-electron chi connectivity index (χ4n) is 1.32. The minimum Gasteiger partial charge on any atom is -0.481 e. The monoisotopic (exact) mass is 213 g/mol. The van der Waals surface area contributed by atoms with Gasteiger partial charge in [0.05, 0.1) is 0 Å². The van der Waals surface area contributed by atoms with Gasteiger partial charge in [0, 0.05) is 12.0 Å². The predicted octanol–water partition coefficient (Wildman–Crippen LogP) is 1.30. The Bertz CT molecular complexity index is 271. The van der Waals surface area contributed by atoms with E-state index in [-0.39, 0.29) is 18.6 Å². The molecule has 2 N–H and O–H groups in total. The van der Waals surface area contributed by atoms with E-state index in [1.165, 1.54) is 6.08 Å². The molecule has 0 aromatic heterocycles. The molecule has 1 amide bonds. The van der Waals surface area contributed by atoms with Crippen LogP contribution in [-0.2, 0) is 9.53 Å². The van der Waals surface area contributed by atoms with E-state index >= 15 is 0 Å². The van der Waals surface area contributed by atoms with Gasteiger partial charge in [-0.25, -0.2) is 4.79 Å². The number of amides is 1. The molecule has 0 aliphatic heterocycles. The lowest BCUT2D eigenvalue weighted by Gasteiger charge is -2.15. The lowest BCUT2D eigenvalue weighted by molar-refractivity contribution is -0.137. The minimum atomic E-state index is -0.845. The van der Waals surface area contributed by atoms with Crippen molar-refractivity contribution < 1.29 is 19.4 Å². The van der Waals surface area contributed by atoms with Gasteiger partial charge >= 0.3 is 12.1 Å². The zero-order valence-electron chi connectivity index (χ0n) is 8.49. The van der Waals surface area contributed by atoms with E-state index in [4.69, 9.17) is 9.84 Å². The molecule has 0 radical (unpaired) electrons. The average molecular weight is 213 g/mol. The highest BCUT2D eigenvalue weighted by Crippen LogP contribution is 2.39. The summed E-state index contributed by atoms with van der Waals surface area (Å²) in [6, 6.07) is 0.